The third-order valence-electron chi connectivity index (χ3n) is 5.28. The SMILES string of the molecule is CCC1CCC(NC(=O)c2cccc(S(=O)(=O)Nc3ccccc3F)c2)CC1. The van der Waals surface area contributed by atoms with Crippen LogP contribution >= 0.6 is 0 Å². The summed E-state index contributed by atoms with van der Waals surface area (Å²) in [5, 5.41) is 3.00. The van der Waals surface area contributed by atoms with E-state index in [-0.39, 0.29) is 28.1 Å². The number of carbonyl (C=O) groups is 1. The number of nitrogens with one attached hydrogen (secondary N) is 2. The van der Waals surface area contributed by atoms with Gasteiger partial charge in [-0.05, 0) is 61.9 Å². The lowest BCUT2D eigenvalue weighted by Gasteiger charge is -2.28. The normalized spacial score (nSPS) is 19.8. The lowest BCUT2D eigenvalue weighted by molar-refractivity contribution is 0.0921. The highest BCUT2D eigenvalue weighted by atomic mass is 32.2. The maximum Gasteiger partial charge on any atom is 0.262 e. The molecule has 2 aromatic carbocycles. The number of hydrogen-bond donors (Lipinski definition) is 2. The summed E-state index contributed by atoms with van der Waals surface area (Å²) >= 11 is 0. The Labute approximate surface area is 165 Å². The van der Waals surface area contributed by atoms with E-state index in [2.05, 4.69) is 17.0 Å². The van der Waals surface area contributed by atoms with Gasteiger partial charge in [-0.3, -0.25) is 9.52 Å². The van der Waals surface area contributed by atoms with Crippen LogP contribution in [0.3, 0.4) is 0 Å². The summed E-state index contributed by atoms with van der Waals surface area (Å²) in [6, 6.07) is 11.4. The van der Waals surface area contributed by atoms with E-state index in [1.165, 1.54) is 42.5 Å². The zero-order chi connectivity index (χ0) is 20.1. The molecule has 0 heterocycles. The number of carbonyl (C=O) groups excluding carboxylic acids is 1. The second-order valence-corrected chi connectivity index (χ2v) is 8.89. The lowest BCUT2D eigenvalue weighted by atomic mass is 9.84. The number of benzene rings is 2. The van der Waals surface area contributed by atoms with Crippen molar-refractivity contribution >= 4 is 21.6 Å². The molecule has 1 amide bonds. The molecule has 0 aliphatic heterocycles. The first-order valence-corrected chi connectivity index (χ1v) is 11.1. The largest absolute Gasteiger partial charge is 0.349 e. The molecule has 0 aromatic heterocycles. The molecule has 0 spiro atoms. The molecule has 0 unspecified atom stereocenters. The van der Waals surface area contributed by atoms with Crippen LogP contribution in [0.2, 0.25) is 0 Å². The van der Waals surface area contributed by atoms with E-state index in [1.807, 2.05) is 0 Å². The molecule has 2 N–H and O–H groups in total. The molecule has 0 saturated heterocycles. The highest BCUT2D eigenvalue weighted by Gasteiger charge is 2.23. The van der Waals surface area contributed by atoms with Crippen molar-refractivity contribution in [3.8, 4) is 0 Å². The minimum Gasteiger partial charge on any atom is -0.349 e. The van der Waals surface area contributed by atoms with Gasteiger partial charge in [-0.15, -0.1) is 0 Å². The molecule has 0 bridgehead atoms. The van der Waals surface area contributed by atoms with E-state index in [0.29, 0.717) is 0 Å². The van der Waals surface area contributed by atoms with Gasteiger partial charge in [0.2, 0.25) is 0 Å². The molecular weight excluding hydrogens is 379 g/mol. The maximum atomic E-state index is 13.8. The van der Waals surface area contributed by atoms with Crippen LogP contribution in [-0.2, 0) is 10.0 Å². The minimum absolute atomic E-state index is 0.0851. The van der Waals surface area contributed by atoms with Crippen LogP contribution in [0.4, 0.5) is 10.1 Å². The van der Waals surface area contributed by atoms with Crippen LogP contribution in [-0.4, -0.2) is 20.4 Å². The fourth-order valence-corrected chi connectivity index (χ4v) is 4.65. The molecule has 1 fully saturated rings. The summed E-state index contributed by atoms with van der Waals surface area (Å²) in [6.45, 7) is 2.19. The van der Waals surface area contributed by atoms with Gasteiger partial charge in [0.15, 0.2) is 0 Å². The Bertz CT molecular complexity index is 938. The van der Waals surface area contributed by atoms with E-state index in [0.717, 1.165) is 38.0 Å². The number of amides is 1. The third-order valence-corrected chi connectivity index (χ3v) is 6.65. The molecule has 1 aliphatic carbocycles. The molecule has 3 rings (SSSR count). The number of anilines is 1. The van der Waals surface area contributed by atoms with Gasteiger partial charge < -0.3 is 5.32 Å². The Balaban J connectivity index is 1.71. The standard InChI is InChI=1S/C21H25FN2O3S/c1-2-15-10-12-17(13-11-15)23-21(25)16-6-5-7-18(14-16)28(26,27)24-20-9-4-3-8-19(20)22/h3-9,14-15,17,24H,2,10-13H2,1H3,(H,23,25). The Morgan fingerprint density at radius 2 is 1.79 bits per heavy atom. The predicted octanol–water partition coefficient (Wildman–Crippen LogP) is 4.33. The molecule has 1 saturated carbocycles. The van der Waals surface area contributed by atoms with E-state index >= 15 is 0 Å². The van der Waals surface area contributed by atoms with Gasteiger partial charge in [0.25, 0.3) is 15.9 Å². The van der Waals surface area contributed by atoms with E-state index in [1.54, 1.807) is 6.07 Å². The summed E-state index contributed by atoms with van der Waals surface area (Å²) in [7, 11) is -4.01. The quantitative estimate of drug-likeness (QED) is 0.753. The van der Waals surface area contributed by atoms with Crippen molar-refractivity contribution in [2.24, 2.45) is 5.92 Å². The topological polar surface area (TPSA) is 75.3 Å². The van der Waals surface area contributed by atoms with Crippen molar-refractivity contribution in [2.75, 3.05) is 4.72 Å². The zero-order valence-electron chi connectivity index (χ0n) is 15.8. The highest BCUT2D eigenvalue weighted by molar-refractivity contribution is 7.92. The average molecular weight is 405 g/mol. The van der Waals surface area contributed by atoms with Crippen LogP contribution in [0.15, 0.2) is 53.4 Å². The van der Waals surface area contributed by atoms with Crippen molar-refractivity contribution in [1.82, 2.24) is 5.32 Å². The molecule has 0 radical (unpaired) electrons. The number of rotatable bonds is 6. The van der Waals surface area contributed by atoms with Crippen LogP contribution in [0, 0.1) is 11.7 Å². The van der Waals surface area contributed by atoms with E-state index in [9.17, 15) is 17.6 Å². The van der Waals surface area contributed by atoms with Crippen molar-refractivity contribution < 1.29 is 17.6 Å². The lowest BCUT2D eigenvalue weighted by Crippen LogP contribution is -2.37. The van der Waals surface area contributed by atoms with Crippen LogP contribution in [0.1, 0.15) is 49.4 Å². The molecule has 28 heavy (non-hydrogen) atoms. The summed E-state index contributed by atoms with van der Waals surface area (Å²) in [6.07, 6.45) is 5.24. The summed E-state index contributed by atoms with van der Waals surface area (Å²) in [5.74, 6) is -0.225. The molecular formula is C21H25FN2O3S. The summed E-state index contributed by atoms with van der Waals surface area (Å²) in [4.78, 5) is 12.5. The second kappa shape index (κ2) is 8.73. The monoisotopic (exact) mass is 404 g/mol. The molecule has 150 valence electrons. The number of halogens is 1. The number of para-hydroxylation sites is 1. The smallest absolute Gasteiger partial charge is 0.262 e. The van der Waals surface area contributed by atoms with Crippen molar-refractivity contribution in [3.63, 3.8) is 0 Å². The first-order valence-electron chi connectivity index (χ1n) is 9.57. The van der Waals surface area contributed by atoms with Crippen LogP contribution < -0.4 is 10.0 Å². The van der Waals surface area contributed by atoms with Gasteiger partial charge in [-0.1, -0.05) is 31.5 Å². The van der Waals surface area contributed by atoms with Crippen molar-refractivity contribution in [1.29, 1.82) is 0 Å². The van der Waals surface area contributed by atoms with Gasteiger partial charge in [0.05, 0.1) is 10.6 Å². The van der Waals surface area contributed by atoms with Gasteiger partial charge in [-0.25, -0.2) is 12.8 Å². The predicted molar refractivity (Wildman–Crippen MR) is 107 cm³/mol. The zero-order valence-corrected chi connectivity index (χ0v) is 16.6. The number of hydrogen-bond acceptors (Lipinski definition) is 3. The summed E-state index contributed by atoms with van der Waals surface area (Å²) in [5.41, 5.74) is 0.138. The average Bonchev–Trinajstić information content (AvgIpc) is 2.70. The second-order valence-electron chi connectivity index (χ2n) is 7.21. The first-order chi connectivity index (χ1) is 13.4. The molecule has 0 atom stereocenters. The van der Waals surface area contributed by atoms with Crippen molar-refractivity contribution in [2.45, 2.75) is 50.0 Å². The maximum absolute atomic E-state index is 13.8. The molecule has 2 aromatic rings. The van der Waals surface area contributed by atoms with E-state index < -0.39 is 15.8 Å². The van der Waals surface area contributed by atoms with Gasteiger partial charge in [0, 0.05) is 11.6 Å². The van der Waals surface area contributed by atoms with Crippen LogP contribution in [0.25, 0.3) is 0 Å². The fourth-order valence-electron chi connectivity index (χ4n) is 3.54. The Morgan fingerprint density at radius 1 is 1.07 bits per heavy atom. The Morgan fingerprint density at radius 3 is 2.46 bits per heavy atom. The van der Waals surface area contributed by atoms with Crippen molar-refractivity contribution in [3.05, 3.63) is 59.9 Å². The third kappa shape index (κ3) is 4.90. The first kappa shape index (κ1) is 20.3. The molecule has 7 heteroatoms. The summed E-state index contributed by atoms with van der Waals surface area (Å²) < 4.78 is 41.1. The van der Waals surface area contributed by atoms with Crippen LogP contribution in [0.5, 0.6) is 0 Å². The highest BCUT2D eigenvalue weighted by Crippen LogP contribution is 2.27. The van der Waals surface area contributed by atoms with E-state index in [4.69, 9.17) is 0 Å². The van der Waals surface area contributed by atoms with Gasteiger partial charge >= 0.3 is 0 Å². The Kier molecular flexibility index (Phi) is 6.34. The van der Waals surface area contributed by atoms with Gasteiger partial charge in [0.1, 0.15) is 5.82 Å². The minimum atomic E-state index is -4.01. The Hall–Kier alpha value is -2.41. The fraction of sp³-hybridized carbons (Fsp3) is 0.381. The molecule has 1 aliphatic rings. The molecule has 5 nitrogen and oxygen atoms in total. The number of sulfonamides is 1. The van der Waals surface area contributed by atoms with Gasteiger partial charge in [-0.2, -0.15) is 0 Å².